The molecule has 0 aliphatic heterocycles. The van der Waals surface area contributed by atoms with Crippen LogP contribution in [0.25, 0.3) is 0 Å². The first-order valence-electron chi connectivity index (χ1n) is 12.4. The van der Waals surface area contributed by atoms with Crippen molar-refractivity contribution in [2.75, 3.05) is 13.2 Å². The number of ether oxygens (including phenoxy) is 2. The number of fused-ring (bicyclic) bond motifs is 1. The van der Waals surface area contributed by atoms with Crippen molar-refractivity contribution in [3.05, 3.63) is 23.3 Å². The van der Waals surface area contributed by atoms with Crippen molar-refractivity contribution in [2.45, 2.75) is 103 Å². The van der Waals surface area contributed by atoms with E-state index in [0.29, 0.717) is 25.6 Å². The van der Waals surface area contributed by atoms with Crippen LogP contribution >= 0.6 is 0 Å². The van der Waals surface area contributed by atoms with Gasteiger partial charge in [-0.3, -0.25) is 0 Å². The number of unbranched alkanes of at least 4 members (excludes halogenated alkanes) is 4. The molecule has 5 nitrogen and oxygen atoms in total. The van der Waals surface area contributed by atoms with Gasteiger partial charge in [-0.2, -0.15) is 5.26 Å². The Kier molecular flexibility index (Phi) is 11.8. The molecular weight excluding hydrogens is 390 g/mol. The first-order valence-corrected chi connectivity index (χ1v) is 12.4. The largest absolute Gasteiger partial charge is 0.392 e. The van der Waals surface area contributed by atoms with E-state index in [2.05, 4.69) is 13.0 Å². The van der Waals surface area contributed by atoms with E-state index in [4.69, 9.17) is 9.47 Å². The second-order valence-corrected chi connectivity index (χ2v) is 9.14. The van der Waals surface area contributed by atoms with Crippen LogP contribution in [0.5, 0.6) is 0 Å². The fourth-order valence-electron chi connectivity index (χ4n) is 5.19. The van der Waals surface area contributed by atoms with Crippen molar-refractivity contribution in [3.8, 4) is 6.07 Å². The number of nitriles is 1. The van der Waals surface area contributed by atoms with Gasteiger partial charge in [-0.25, -0.2) is 0 Å². The molecule has 0 spiro atoms. The number of aliphatic hydroxyl groups excluding tert-OH is 2. The van der Waals surface area contributed by atoms with Gasteiger partial charge < -0.3 is 19.7 Å². The third kappa shape index (κ3) is 8.02. The molecule has 0 aromatic rings. The molecule has 2 aliphatic rings. The molecule has 2 rings (SSSR count). The first-order chi connectivity index (χ1) is 15.0. The van der Waals surface area contributed by atoms with Gasteiger partial charge in [0, 0.05) is 30.6 Å². The summed E-state index contributed by atoms with van der Waals surface area (Å²) in [6.45, 7) is 7.42. The highest BCUT2D eigenvalue weighted by atomic mass is 16.7. The van der Waals surface area contributed by atoms with Crippen molar-refractivity contribution in [3.63, 3.8) is 0 Å². The van der Waals surface area contributed by atoms with Crippen LogP contribution in [0.4, 0.5) is 0 Å². The topological polar surface area (TPSA) is 82.7 Å². The first kappa shape index (κ1) is 26.1. The summed E-state index contributed by atoms with van der Waals surface area (Å²) in [5, 5.41) is 30.6. The van der Waals surface area contributed by atoms with E-state index in [9.17, 15) is 15.5 Å². The van der Waals surface area contributed by atoms with Gasteiger partial charge in [0.25, 0.3) is 0 Å². The third-order valence-corrected chi connectivity index (χ3v) is 6.84. The lowest BCUT2D eigenvalue weighted by Gasteiger charge is -2.18. The van der Waals surface area contributed by atoms with Gasteiger partial charge in [0.05, 0.1) is 18.3 Å². The van der Waals surface area contributed by atoms with Crippen molar-refractivity contribution in [1.29, 1.82) is 5.26 Å². The minimum atomic E-state index is -0.435. The van der Waals surface area contributed by atoms with E-state index in [1.807, 2.05) is 26.0 Å². The molecule has 0 heterocycles. The monoisotopic (exact) mass is 433 g/mol. The van der Waals surface area contributed by atoms with Crippen molar-refractivity contribution < 1.29 is 19.7 Å². The van der Waals surface area contributed by atoms with Gasteiger partial charge in [0.15, 0.2) is 6.29 Å². The van der Waals surface area contributed by atoms with E-state index in [1.54, 1.807) is 0 Å². The van der Waals surface area contributed by atoms with E-state index in [0.717, 1.165) is 63.4 Å². The van der Waals surface area contributed by atoms with E-state index in [1.165, 1.54) is 5.57 Å². The van der Waals surface area contributed by atoms with Gasteiger partial charge in [-0.1, -0.05) is 50.3 Å². The third-order valence-electron chi connectivity index (χ3n) is 6.84. The summed E-state index contributed by atoms with van der Waals surface area (Å²) in [5.74, 6) is 0.520. The molecule has 5 heteroatoms. The molecule has 2 N–H and O–H groups in total. The second-order valence-electron chi connectivity index (χ2n) is 9.14. The molecule has 0 saturated heterocycles. The van der Waals surface area contributed by atoms with E-state index < -0.39 is 12.2 Å². The summed E-state index contributed by atoms with van der Waals surface area (Å²) >= 11 is 0. The van der Waals surface area contributed by atoms with E-state index >= 15 is 0 Å². The van der Waals surface area contributed by atoms with Crippen LogP contribution in [0.3, 0.4) is 0 Å². The summed E-state index contributed by atoms with van der Waals surface area (Å²) < 4.78 is 11.0. The highest BCUT2D eigenvalue weighted by Gasteiger charge is 2.47. The lowest BCUT2D eigenvalue weighted by molar-refractivity contribution is -0.127. The fraction of sp³-hybridized carbons (Fsp3) is 0.808. The SMILES string of the molecule is CCCCC[C@H](O)/C=C/[C@@H]1[C@H]2CC(CCCCCOC(C)OCC)=C(C#N)[C@H]2C[C@H]1O. The Bertz CT molecular complexity index is 623. The highest BCUT2D eigenvalue weighted by molar-refractivity contribution is 5.38. The summed E-state index contributed by atoms with van der Waals surface area (Å²) in [4.78, 5) is 0. The average Bonchev–Trinajstić information content (AvgIpc) is 3.23. The Morgan fingerprint density at radius 3 is 2.68 bits per heavy atom. The Morgan fingerprint density at radius 2 is 1.97 bits per heavy atom. The van der Waals surface area contributed by atoms with Crippen molar-refractivity contribution >= 4 is 0 Å². The minimum Gasteiger partial charge on any atom is -0.392 e. The van der Waals surface area contributed by atoms with Crippen LogP contribution in [0.2, 0.25) is 0 Å². The predicted molar refractivity (Wildman–Crippen MR) is 123 cm³/mol. The average molecular weight is 434 g/mol. The van der Waals surface area contributed by atoms with Gasteiger partial charge in [0.1, 0.15) is 0 Å². The Hall–Kier alpha value is -1.19. The summed E-state index contributed by atoms with van der Waals surface area (Å²) in [7, 11) is 0. The zero-order valence-electron chi connectivity index (χ0n) is 19.8. The standard InChI is InChI=1S/C26H43NO4/c1-4-6-8-12-21(28)13-14-22-23-16-20(25(18-27)24(23)17-26(22)29)11-9-7-10-15-31-19(3)30-5-2/h13-14,19,21-24,26,28-29H,4-12,15-17H2,1-3H3/b14-13+/t19?,21-,22+,23+,24-,26+/m0/s1. The maximum atomic E-state index is 10.6. The molecule has 31 heavy (non-hydrogen) atoms. The Balaban J connectivity index is 1.80. The van der Waals surface area contributed by atoms with Gasteiger partial charge in [-0.05, 0) is 58.3 Å². The summed E-state index contributed by atoms with van der Waals surface area (Å²) in [6.07, 6.45) is 12.7. The van der Waals surface area contributed by atoms with Gasteiger partial charge in [0.2, 0.25) is 0 Å². The van der Waals surface area contributed by atoms with Crippen molar-refractivity contribution in [2.24, 2.45) is 17.8 Å². The Labute approximate surface area is 189 Å². The van der Waals surface area contributed by atoms with Crippen molar-refractivity contribution in [1.82, 2.24) is 0 Å². The van der Waals surface area contributed by atoms with Gasteiger partial charge in [-0.15, -0.1) is 0 Å². The van der Waals surface area contributed by atoms with Crippen LogP contribution in [0.1, 0.15) is 85.0 Å². The van der Waals surface area contributed by atoms with E-state index in [-0.39, 0.29) is 18.1 Å². The molecule has 1 fully saturated rings. The highest BCUT2D eigenvalue weighted by Crippen LogP contribution is 2.51. The molecule has 0 aromatic carbocycles. The molecule has 0 amide bonds. The Morgan fingerprint density at radius 1 is 1.16 bits per heavy atom. The normalized spacial score (nSPS) is 27.6. The molecule has 2 aliphatic carbocycles. The smallest absolute Gasteiger partial charge is 0.154 e. The maximum absolute atomic E-state index is 10.6. The quantitative estimate of drug-likeness (QED) is 0.209. The number of rotatable bonds is 15. The number of aliphatic hydroxyl groups is 2. The lowest BCUT2D eigenvalue weighted by Crippen LogP contribution is -2.18. The van der Waals surface area contributed by atoms with Crippen LogP contribution in [-0.2, 0) is 9.47 Å². The second kappa shape index (κ2) is 14.1. The number of hydrogen-bond donors (Lipinski definition) is 2. The molecule has 176 valence electrons. The zero-order valence-corrected chi connectivity index (χ0v) is 19.8. The van der Waals surface area contributed by atoms with Crippen LogP contribution in [0.15, 0.2) is 23.3 Å². The molecule has 1 unspecified atom stereocenters. The lowest BCUT2D eigenvalue weighted by atomic mass is 9.88. The molecule has 6 atom stereocenters. The van der Waals surface area contributed by atoms with Crippen LogP contribution in [-0.4, -0.2) is 41.9 Å². The molecule has 0 bridgehead atoms. The number of hydrogen-bond acceptors (Lipinski definition) is 5. The molecular formula is C26H43NO4. The van der Waals surface area contributed by atoms with Crippen LogP contribution in [0, 0.1) is 29.1 Å². The number of allylic oxidation sites excluding steroid dienone is 2. The maximum Gasteiger partial charge on any atom is 0.154 e. The number of nitrogens with zero attached hydrogens (tertiary/aromatic N) is 1. The molecule has 0 aromatic heterocycles. The van der Waals surface area contributed by atoms with Gasteiger partial charge >= 0.3 is 0 Å². The molecule has 1 saturated carbocycles. The summed E-state index contributed by atoms with van der Waals surface area (Å²) in [5.41, 5.74) is 2.21. The summed E-state index contributed by atoms with van der Waals surface area (Å²) in [6, 6.07) is 2.46. The minimum absolute atomic E-state index is 0.0418. The predicted octanol–water partition coefficient (Wildman–Crippen LogP) is 5.28. The zero-order chi connectivity index (χ0) is 22.6. The molecule has 0 radical (unpaired) electrons. The van der Waals surface area contributed by atoms with Crippen LogP contribution < -0.4 is 0 Å². The fourth-order valence-corrected chi connectivity index (χ4v) is 5.19.